The van der Waals surface area contributed by atoms with Crippen LogP contribution < -0.4 is 4.90 Å². The standard InChI is InChI=1S/C22H28N4/c1-14-6-8-19(9-7-14)21-18(5)22-23-17(4)11-20(26(22)24-21)25-12-15(2)10-16(3)13-25/h6-9,11,15-16H,10,12-13H2,1-5H3/t15-,16-/m1/s1. The van der Waals surface area contributed by atoms with E-state index in [2.05, 4.69) is 74.4 Å². The molecule has 0 radical (unpaired) electrons. The molecule has 26 heavy (non-hydrogen) atoms. The summed E-state index contributed by atoms with van der Waals surface area (Å²) in [6, 6.07) is 10.8. The maximum absolute atomic E-state index is 4.99. The normalized spacial score (nSPS) is 20.7. The minimum atomic E-state index is 0.704. The Morgan fingerprint density at radius 2 is 1.62 bits per heavy atom. The molecule has 4 nitrogen and oxygen atoms in total. The van der Waals surface area contributed by atoms with Gasteiger partial charge in [0.1, 0.15) is 5.82 Å². The van der Waals surface area contributed by atoms with Crippen molar-refractivity contribution in [1.29, 1.82) is 0 Å². The predicted octanol–water partition coefficient (Wildman–Crippen LogP) is 4.80. The van der Waals surface area contributed by atoms with Gasteiger partial charge in [-0.15, -0.1) is 0 Å². The van der Waals surface area contributed by atoms with Gasteiger partial charge in [0.2, 0.25) is 0 Å². The molecular formula is C22H28N4. The first kappa shape index (κ1) is 17.1. The molecule has 2 atom stereocenters. The van der Waals surface area contributed by atoms with Crippen LogP contribution in [0.4, 0.5) is 5.82 Å². The third kappa shape index (κ3) is 2.98. The third-order valence-electron chi connectivity index (χ3n) is 5.45. The Balaban J connectivity index is 1.86. The van der Waals surface area contributed by atoms with Crippen LogP contribution in [0.1, 0.15) is 37.1 Å². The van der Waals surface area contributed by atoms with E-state index in [-0.39, 0.29) is 0 Å². The van der Waals surface area contributed by atoms with E-state index in [9.17, 15) is 0 Å². The lowest BCUT2D eigenvalue weighted by molar-refractivity contribution is 0.354. The smallest absolute Gasteiger partial charge is 0.161 e. The zero-order valence-corrected chi connectivity index (χ0v) is 16.5. The van der Waals surface area contributed by atoms with Crippen molar-refractivity contribution in [2.75, 3.05) is 18.0 Å². The van der Waals surface area contributed by atoms with Gasteiger partial charge in [-0.2, -0.15) is 9.61 Å². The molecule has 2 aromatic heterocycles. The van der Waals surface area contributed by atoms with Gasteiger partial charge in [-0.25, -0.2) is 4.98 Å². The first-order valence-electron chi connectivity index (χ1n) is 9.61. The minimum absolute atomic E-state index is 0.704. The van der Waals surface area contributed by atoms with Crippen LogP contribution in [0, 0.1) is 32.6 Å². The molecule has 0 amide bonds. The second-order valence-electron chi connectivity index (χ2n) is 8.18. The van der Waals surface area contributed by atoms with Gasteiger partial charge in [-0.1, -0.05) is 43.7 Å². The number of hydrogen-bond donors (Lipinski definition) is 0. The van der Waals surface area contributed by atoms with Crippen molar-refractivity contribution in [2.45, 2.75) is 41.0 Å². The van der Waals surface area contributed by atoms with Gasteiger partial charge >= 0.3 is 0 Å². The SMILES string of the molecule is Cc1ccc(-c2nn3c(N4C[C@H](C)C[C@@H](C)C4)cc(C)nc3c2C)cc1. The van der Waals surface area contributed by atoms with Crippen molar-refractivity contribution in [3.8, 4) is 11.3 Å². The van der Waals surface area contributed by atoms with Crippen molar-refractivity contribution < 1.29 is 0 Å². The van der Waals surface area contributed by atoms with E-state index in [1.165, 1.54) is 17.8 Å². The maximum atomic E-state index is 4.99. The Morgan fingerprint density at radius 3 is 2.27 bits per heavy atom. The van der Waals surface area contributed by atoms with E-state index < -0.39 is 0 Å². The summed E-state index contributed by atoms with van der Waals surface area (Å²) >= 11 is 0. The fraction of sp³-hybridized carbons (Fsp3) is 0.455. The van der Waals surface area contributed by atoms with Crippen LogP contribution in [-0.2, 0) is 0 Å². The number of hydrogen-bond acceptors (Lipinski definition) is 3. The van der Waals surface area contributed by atoms with Gasteiger partial charge in [0.25, 0.3) is 0 Å². The number of anilines is 1. The summed E-state index contributed by atoms with van der Waals surface area (Å²) in [6.45, 7) is 13.2. The van der Waals surface area contributed by atoms with Gasteiger partial charge in [-0.05, 0) is 39.0 Å². The fourth-order valence-corrected chi connectivity index (χ4v) is 4.29. The molecule has 3 heterocycles. The summed E-state index contributed by atoms with van der Waals surface area (Å²) in [5.41, 5.74) is 6.63. The molecule has 1 aliphatic rings. The topological polar surface area (TPSA) is 33.4 Å². The Morgan fingerprint density at radius 1 is 0.962 bits per heavy atom. The van der Waals surface area contributed by atoms with Crippen LogP contribution in [0.15, 0.2) is 30.3 Å². The number of piperidine rings is 1. The summed E-state index contributed by atoms with van der Waals surface area (Å²) in [7, 11) is 0. The second kappa shape index (κ2) is 6.42. The molecule has 3 aromatic rings. The van der Waals surface area contributed by atoms with Gasteiger partial charge in [0, 0.05) is 36.0 Å². The zero-order chi connectivity index (χ0) is 18.4. The van der Waals surface area contributed by atoms with Gasteiger partial charge < -0.3 is 4.90 Å². The van der Waals surface area contributed by atoms with Crippen LogP contribution in [0.2, 0.25) is 0 Å². The molecule has 0 saturated carbocycles. The number of rotatable bonds is 2. The van der Waals surface area contributed by atoms with E-state index >= 15 is 0 Å². The van der Waals surface area contributed by atoms with E-state index in [0.717, 1.165) is 41.3 Å². The van der Waals surface area contributed by atoms with Gasteiger partial charge in [0.15, 0.2) is 5.65 Å². The molecule has 0 bridgehead atoms. The molecule has 0 unspecified atom stereocenters. The lowest BCUT2D eigenvalue weighted by atomic mass is 9.92. The average Bonchev–Trinajstić information content (AvgIpc) is 2.91. The third-order valence-corrected chi connectivity index (χ3v) is 5.45. The molecule has 4 rings (SSSR count). The summed E-state index contributed by atoms with van der Waals surface area (Å²) in [5, 5.41) is 4.99. The number of aryl methyl sites for hydroxylation is 3. The Bertz CT molecular complexity index is 929. The van der Waals surface area contributed by atoms with Gasteiger partial charge in [0.05, 0.1) is 5.69 Å². The van der Waals surface area contributed by atoms with Gasteiger partial charge in [-0.3, -0.25) is 0 Å². The monoisotopic (exact) mass is 348 g/mol. The maximum Gasteiger partial charge on any atom is 0.161 e. The molecule has 0 aliphatic carbocycles. The highest BCUT2D eigenvalue weighted by atomic mass is 15.4. The summed E-state index contributed by atoms with van der Waals surface area (Å²) < 4.78 is 2.06. The summed E-state index contributed by atoms with van der Waals surface area (Å²) in [6.07, 6.45) is 1.30. The molecule has 1 aromatic carbocycles. The first-order valence-corrected chi connectivity index (χ1v) is 9.61. The molecule has 136 valence electrons. The lowest BCUT2D eigenvalue weighted by Gasteiger charge is -2.36. The number of benzene rings is 1. The Labute approximate surface area is 155 Å². The second-order valence-corrected chi connectivity index (χ2v) is 8.18. The molecule has 1 saturated heterocycles. The minimum Gasteiger partial charge on any atom is -0.356 e. The van der Waals surface area contributed by atoms with Crippen LogP contribution in [0.5, 0.6) is 0 Å². The van der Waals surface area contributed by atoms with Crippen molar-refractivity contribution in [3.05, 3.63) is 47.2 Å². The molecule has 1 fully saturated rings. The quantitative estimate of drug-likeness (QED) is 0.667. The summed E-state index contributed by atoms with van der Waals surface area (Å²) in [5.74, 6) is 2.58. The van der Waals surface area contributed by atoms with Crippen LogP contribution >= 0.6 is 0 Å². The van der Waals surface area contributed by atoms with Crippen molar-refractivity contribution >= 4 is 11.5 Å². The summed E-state index contributed by atoms with van der Waals surface area (Å²) in [4.78, 5) is 7.30. The lowest BCUT2D eigenvalue weighted by Crippen LogP contribution is -2.39. The number of aromatic nitrogens is 3. The van der Waals surface area contributed by atoms with Crippen molar-refractivity contribution in [1.82, 2.24) is 14.6 Å². The Hall–Kier alpha value is -2.36. The molecule has 1 aliphatic heterocycles. The molecule has 0 N–H and O–H groups in total. The largest absolute Gasteiger partial charge is 0.356 e. The highest BCUT2D eigenvalue weighted by Crippen LogP contribution is 2.31. The zero-order valence-electron chi connectivity index (χ0n) is 16.5. The highest BCUT2D eigenvalue weighted by molar-refractivity contribution is 5.72. The van der Waals surface area contributed by atoms with E-state index in [1.807, 2.05) is 0 Å². The van der Waals surface area contributed by atoms with E-state index in [0.29, 0.717) is 11.8 Å². The van der Waals surface area contributed by atoms with Crippen molar-refractivity contribution in [3.63, 3.8) is 0 Å². The fourth-order valence-electron chi connectivity index (χ4n) is 4.29. The van der Waals surface area contributed by atoms with Crippen LogP contribution in [0.25, 0.3) is 16.9 Å². The van der Waals surface area contributed by atoms with E-state index in [1.54, 1.807) is 0 Å². The Kier molecular flexibility index (Phi) is 4.22. The molecular weight excluding hydrogens is 320 g/mol. The first-order chi connectivity index (χ1) is 12.4. The highest BCUT2D eigenvalue weighted by Gasteiger charge is 2.25. The van der Waals surface area contributed by atoms with Crippen LogP contribution in [-0.4, -0.2) is 27.7 Å². The predicted molar refractivity (Wildman–Crippen MR) is 108 cm³/mol. The number of fused-ring (bicyclic) bond motifs is 1. The average molecular weight is 348 g/mol. The van der Waals surface area contributed by atoms with Crippen molar-refractivity contribution in [2.24, 2.45) is 11.8 Å². The molecule has 4 heteroatoms. The van der Waals surface area contributed by atoms with E-state index in [4.69, 9.17) is 10.1 Å². The number of nitrogens with zero attached hydrogens (tertiary/aromatic N) is 4. The van der Waals surface area contributed by atoms with Crippen LogP contribution in [0.3, 0.4) is 0 Å². The molecule has 0 spiro atoms.